The van der Waals surface area contributed by atoms with Crippen LogP contribution >= 0.6 is 39.2 Å². The Labute approximate surface area is 163 Å². The molecule has 0 atom stereocenters. The SMILES string of the molecule is CSNc1cc(Br)cc(NC(=O)c2cc(-c3ncccc3C)cs2)c1. The minimum absolute atomic E-state index is 0.127. The zero-order chi connectivity index (χ0) is 17.8. The van der Waals surface area contributed by atoms with Crippen LogP contribution < -0.4 is 10.0 Å². The van der Waals surface area contributed by atoms with Gasteiger partial charge in [0.1, 0.15) is 0 Å². The number of hydrogen-bond acceptors (Lipinski definition) is 5. The van der Waals surface area contributed by atoms with Gasteiger partial charge in [-0.3, -0.25) is 9.78 Å². The minimum Gasteiger partial charge on any atom is -0.330 e. The molecule has 7 heteroatoms. The van der Waals surface area contributed by atoms with E-state index < -0.39 is 0 Å². The quantitative estimate of drug-likeness (QED) is 0.497. The number of benzene rings is 1. The molecule has 2 heterocycles. The summed E-state index contributed by atoms with van der Waals surface area (Å²) < 4.78 is 4.06. The first-order valence-corrected chi connectivity index (χ1v) is 10.4. The fourth-order valence-corrected chi connectivity index (χ4v) is 4.03. The van der Waals surface area contributed by atoms with E-state index in [1.54, 1.807) is 6.20 Å². The third kappa shape index (κ3) is 4.42. The highest BCUT2D eigenvalue weighted by atomic mass is 79.9. The van der Waals surface area contributed by atoms with Gasteiger partial charge in [-0.15, -0.1) is 11.3 Å². The van der Waals surface area contributed by atoms with E-state index >= 15 is 0 Å². The Hall–Kier alpha value is -1.83. The minimum atomic E-state index is -0.127. The number of carbonyl (C=O) groups excluding carboxylic acids is 1. The molecule has 0 aliphatic rings. The molecule has 0 unspecified atom stereocenters. The lowest BCUT2D eigenvalue weighted by molar-refractivity contribution is 0.103. The molecule has 0 aliphatic carbocycles. The largest absolute Gasteiger partial charge is 0.330 e. The van der Waals surface area contributed by atoms with E-state index in [0.717, 1.165) is 32.7 Å². The first-order chi connectivity index (χ1) is 12.1. The number of aromatic nitrogens is 1. The van der Waals surface area contributed by atoms with E-state index in [-0.39, 0.29) is 5.91 Å². The number of nitrogens with one attached hydrogen (secondary N) is 2. The summed E-state index contributed by atoms with van der Waals surface area (Å²) >= 11 is 6.38. The van der Waals surface area contributed by atoms with Crippen LogP contribution in [0, 0.1) is 6.92 Å². The lowest BCUT2D eigenvalue weighted by Crippen LogP contribution is -2.10. The lowest BCUT2D eigenvalue weighted by atomic mass is 10.1. The molecule has 128 valence electrons. The molecule has 1 amide bonds. The maximum Gasteiger partial charge on any atom is 0.265 e. The molecule has 0 saturated carbocycles. The number of amides is 1. The number of thiophene rings is 1. The number of aryl methyl sites for hydroxylation is 1. The second-order valence-electron chi connectivity index (χ2n) is 5.36. The molecule has 0 radical (unpaired) electrons. The molecule has 0 spiro atoms. The first kappa shape index (κ1) is 18.0. The standard InChI is InChI=1S/C18H16BrN3OS2/c1-11-4-3-5-20-17(11)12-6-16(25-10-12)18(23)21-14-7-13(19)8-15(9-14)22-24-2/h3-10,22H,1-2H3,(H,21,23). The number of carbonyl (C=O) groups is 1. The van der Waals surface area contributed by atoms with Gasteiger partial charge < -0.3 is 10.0 Å². The predicted octanol–water partition coefficient (Wildman–Crippen LogP) is 5.82. The maximum atomic E-state index is 12.6. The number of anilines is 2. The second kappa shape index (κ2) is 8.03. The summed E-state index contributed by atoms with van der Waals surface area (Å²) in [7, 11) is 0. The number of halogens is 1. The van der Waals surface area contributed by atoms with Gasteiger partial charge in [0.2, 0.25) is 0 Å². The van der Waals surface area contributed by atoms with E-state index in [4.69, 9.17) is 0 Å². The lowest BCUT2D eigenvalue weighted by Gasteiger charge is -2.08. The van der Waals surface area contributed by atoms with Crippen LogP contribution in [0.15, 0.2) is 52.4 Å². The molecule has 2 N–H and O–H groups in total. The normalized spacial score (nSPS) is 10.5. The Morgan fingerprint density at radius 2 is 2.04 bits per heavy atom. The van der Waals surface area contributed by atoms with Crippen molar-refractivity contribution in [3.8, 4) is 11.3 Å². The van der Waals surface area contributed by atoms with Gasteiger partial charge >= 0.3 is 0 Å². The van der Waals surface area contributed by atoms with Crippen LogP contribution in [0.1, 0.15) is 15.2 Å². The molecular formula is C18H16BrN3OS2. The Morgan fingerprint density at radius 3 is 2.80 bits per heavy atom. The first-order valence-electron chi connectivity index (χ1n) is 7.48. The smallest absolute Gasteiger partial charge is 0.265 e. The summed E-state index contributed by atoms with van der Waals surface area (Å²) in [5.41, 5.74) is 4.62. The molecule has 1 aromatic carbocycles. The number of pyridine rings is 1. The van der Waals surface area contributed by atoms with E-state index in [9.17, 15) is 4.79 Å². The van der Waals surface area contributed by atoms with E-state index in [2.05, 4.69) is 31.0 Å². The molecule has 0 saturated heterocycles. The fraction of sp³-hybridized carbons (Fsp3) is 0.111. The maximum absolute atomic E-state index is 12.6. The second-order valence-corrected chi connectivity index (χ2v) is 7.80. The van der Waals surface area contributed by atoms with Crippen molar-refractivity contribution in [2.24, 2.45) is 0 Å². The van der Waals surface area contributed by atoms with Gasteiger partial charge in [0.25, 0.3) is 5.91 Å². The van der Waals surface area contributed by atoms with Crippen molar-refractivity contribution < 1.29 is 4.79 Å². The highest BCUT2D eigenvalue weighted by Gasteiger charge is 2.13. The Kier molecular flexibility index (Phi) is 5.78. The zero-order valence-electron chi connectivity index (χ0n) is 13.7. The molecular weight excluding hydrogens is 418 g/mol. The molecule has 0 aliphatic heterocycles. The average molecular weight is 434 g/mol. The molecule has 2 aromatic heterocycles. The van der Waals surface area contributed by atoms with Crippen molar-refractivity contribution in [3.05, 3.63) is 62.9 Å². The highest BCUT2D eigenvalue weighted by molar-refractivity contribution is 9.10. The average Bonchev–Trinajstić information content (AvgIpc) is 3.05. The van der Waals surface area contributed by atoms with Crippen molar-refractivity contribution in [2.75, 3.05) is 16.3 Å². The summed E-state index contributed by atoms with van der Waals surface area (Å²) in [6.07, 6.45) is 3.72. The summed E-state index contributed by atoms with van der Waals surface area (Å²) in [6, 6.07) is 11.5. The third-order valence-corrected chi connectivity index (χ3v) is 5.31. The van der Waals surface area contributed by atoms with E-state index in [0.29, 0.717) is 4.88 Å². The Morgan fingerprint density at radius 1 is 1.24 bits per heavy atom. The fourth-order valence-electron chi connectivity index (χ4n) is 2.40. The zero-order valence-corrected chi connectivity index (χ0v) is 16.9. The van der Waals surface area contributed by atoms with E-state index in [1.807, 2.05) is 55.0 Å². The van der Waals surface area contributed by atoms with Gasteiger partial charge in [0.05, 0.1) is 10.6 Å². The van der Waals surface area contributed by atoms with Gasteiger partial charge in [-0.05, 0) is 42.8 Å². The topological polar surface area (TPSA) is 54.0 Å². The summed E-state index contributed by atoms with van der Waals surface area (Å²) in [4.78, 5) is 17.6. The monoisotopic (exact) mass is 433 g/mol. The van der Waals surface area contributed by atoms with Crippen LogP contribution in [-0.2, 0) is 0 Å². The van der Waals surface area contributed by atoms with Crippen LogP contribution in [-0.4, -0.2) is 17.1 Å². The van der Waals surface area contributed by atoms with E-state index in [1.165, 1.54) is 23.3 Å². The molecule has 4 nitrogen and oxygen atoms in total. The van der Waals surface area contributed by atoms with Crippen LogP contribution in [0.4, 0.5) is 11.4 Å². The number of nitrogens with zero attached hydrogens (tertiary/aromatic N) is 1. The number of hydrogen-bond donors (Lipinski definition) is 2. The summed E-state index contributed by atoms with van der Waals surface area (Å²) in [5.74, 6) is -0.127. The van der Waals surface area contributed by atoms with Crippen molar-refractivity contribution in [1.29, 1.82) is 0 Å². The number of rotatable bonds is 5. The summed E-state index contributed by atoms with van der Waals surface area (Å²) in [5, 5.41) is 4.91. The van der Waals surface area contributed by atoms with Gasteiger partial charge in [-0.2, -0.15) is 0 Å². The van der Waals surface area contributed by atoms with Crippen LogP contribution in [0.2, 0.25) is 0 Å². The molecule has 0 bridgehead atoms. The highest BCUT2D eigenvalue weighted by Crippen LogP contribution is 2.28. The molecule has 25 heavy (non-hydrogen) atoms. The van der Waals surface area contributed by atoms with Gasteiger partial charge in [-0.25, -0.2) is 0 Å². The van der Waals surface area contributed by atoms with Crippen molar-refractivity contribution in [3.63, 3.8) is 0 Å². The Bertz CT molecular complexity index is 911. The Balaban J connectivity index is 1.80. The van der Waals surface area contributed by atoms with Crippen molar-refractivity contribution in [2.45, 2.75) is 6.92 Å². The van der Waals surface area contributed by atoms with Crippen LogP contribution in [0.5, 0.6) is 0 Å². The molecule has 3 rings (SSSR count). The molecule has 3 aromatic rings. The van der Waals surface area contributed by atoms with Gasteiger partial charge in [0, 0.05) is 39.2 Å². The van der Waals surface area contributed by atoms with Crippen LogP contribution in [0.3, 0.4) is 0 Å². The molecule has 0 fully saturated rings. The van der Waals surface area contributed by atoms with Gasteiger partial charge in [-0.1, -0.05) is 33.9 Å². The van der Waals surface area contributed by atoms with Crippen molar-refractivity contribution >= 4 is 56.5 Å². The van der Waals surface area contributed by atoms with Crippen molar-refractivity contribution in [1.82, 2.24) is 4.98 Å². The van der Waals surface area contributed by atoms with Gasteiger partial charge in [0.15, 0.2) is 0 Å². The third-order valence-electron chi connectivity index (χ3n) is 3.48. The predicted molar refractivity (Wildman–Crippen MR) is 112 cm³/mol. The van der Waals surface area contributed by atoms with Crippen LogP contribution in [0.25, 0.3) is 11.3 Å². The summed E-state index contributed by atoms with van der Waals surface area (Å²) in [6.45, 7) is 2.02.